The van der Waals surface area contributed by atoms with Gasteiger partial charge in [-0.3, -0.25) is 13.9 Å². The first-order chi connectivity index (χ1) is 19.4. The van der Waals surface area contributed by atoms with Crippen LogP contribution in [0.25, 0.3) is 0 Å². The van der Waals surface area contributed by atoms with E-state index in [1.165, 1.54) is 17.0 Å². The van der Waals surface area contributed by atoms with Crippen LogP contribution in [0.5, 0.6) is 0 Å². The zero-order valence-electron chi connectivity index (χ0n) is 23.4. The van der Waals surface area contributed by atoms with Crippen LogP contribution in [0.4, 0.5) is 5.69 Å². The van der Waals surface area contributed by atoms with Crippen LogP contribution in [0.2, 0.25) is 15.1 Å². The van der Waals surface area contributed by atoms with Gasteiger partial charge in [0.1, 0.15) is 12.6 Å². The van der Waals surface area contributed by atoms with E-state index >= 15 is 0 Å². The van der Waals surface area contributed by atoms with Crippen molar-refractivity contribution in [1.82, 2.24) is 10.2 Å². The predicted octanol–water partition coefficient (Wildman–Crippen LogP) is 6.73. The molecule has 0 spiro atoms. The summed E-state index contributed by atoms with van der Waals surface area (Å²) in [5, 5.41) is 3.98. The van der Waals surface area contributed by atoms with Gasteiger partial charge in [0, 0.05) is 33.7 Å². The molecule has 3 aromatic carbocycles. The van der Waals surface area contributed by atoms with E-state index in [4.69, 9.17) is 34.8 Å². The number of aryl methyl sites for hydroxylation is 1. The number of hydrogen-bond acceptors (Lipinski definition) is 4. The number of halogens is 3. The van der Waals surface area contributed by atoms with Crippen LogP contribution in [-0.4, -0.2) is 44.3 Å². The van der Waals surface area contributed by atoms with Crippen molar-refractivity contribution in [1.29, 1.82) is 0 Å². The molecule has 0 aliphatic carbocycles. The smallest absolute Gasteiger partial charge is 0.264 e. The maximum absolute atomic E-state index is 14.2. The Morgan fingerprint density at radius 3 is 2.12 bits per heavy atom. The summed E-state index contributed by atoms with van der Waals surface area (Å²) >= 11 is 19.1. The second-order valence-corrected chi connectivity index (χ2v) is 13.2. The van der Waals surface area contributed by atoms with E-state index < -0.39 is 28.5 Å². The number of amides is 2. The summed E-state index contributed by atoms with van der Waals surface area (Å²) < 4.78 is 28.9. The van der Waals surface area contributed by atoms with Gasteiger partial charge in [0.2, 0.25) is 11.8 Å². The lowest BCUT2D eigenvalue weighted by Gasteiger charge is -2.34. The molecular weight excluding hydrogens is 605 g/mol. The molecule has 0 heterocycles. The van der Waals surface area contributed by atoms with Crippen molar-refractivity contribution in [3.8, 4) is 0 Å². The molecule has 1 unspecified atom stereocenters. The fourth-order valence-corrected chi connectivity index (χ4v) is 6.57. The molecule has 3 rings (SSSR count). The largest absolute Gasteiger partial charge is 0.354 e. The van der Waals surface area contributed by atoms with E-state index in [1.54, 1.807) is 68.4 Å². The lowest BCUT2D eigenvalue weighted by Crippen LogP contribution is -2.52. The lowest BCUT2D eigenvalue weighted by molar-refractivity contribution is -0.140. The van der Waals surface area contributed by atoms with Gasteiger partial charge in [-0.25, -0.2) is 8.42 Å². The highest BCUT2D eigenvalue weighted by molar-refractivity contribution is 7.92. The van der Waals surface area contributed by atoms with E-state index in [0.29, 0.717) is 38.4 Å². The van der Waals surface area contributed by atoms with Crippen LogP contribution in [0.15, 0.2) is 71.6 Å². The van der Waals surface area contributed by atoms with Gasteiger partial charge in [-0.2, -0.15) is 0 Å². The van der Waals surface area contributed by atoms with Gasteiger partial charge in [0.25, 0.3) is 10.0 Å². The fraction of sp³-hybridized carbons (Fsp3) is 0.333. The topological polar surface area (TPSA) is 86.8 Å². The molecule has 1 N–H and O–H groups in total. The molecule has 41 heavy (non-hydrogen) atoms. The van der Waals surface area contributed by atoms with E-state index in [-0.39, 0.29) is 29.7 Å². The molecular formula is C30H34Cl3N3O4S. The first kappa shape index (κ1) is 32.7. The van der Waals surface area contributed by atoms with Crippen molar-refractivity contribution < 1.29 is 18.0 Å². The Hall–Kier alpha value is -2.78. The van der Waals surface area contributed by atoms with Crippen molar-refractivity contribution in [3.05, 3.63) is 92.9 Å². The Bertz CT molecular complexity index is 1460. The third kappa shape index (κ3) is 8.16. The van der Waals surface area contributed by atoms with E-state index in [1.807, 2.05) is 13.8 Å². The average Bonchev–Trinajstić information content (AvgIpc) is 2.92. The maximum atomic E-state index is 14.2. The SMILES string of the molecule is CCC(C(=O)NCC(C)C)N(Cc1c(Cl)cccc1Cl)C(=O)CN(c1ccc(Cl)cc1C)S(=O)(=O)c1ccccc1. The van der Waals surface area contributed by atoms with Crippen LogP contribution in [-0.2, 0) is 26.2 Å². The average molecular weight is 639 g/mol. The minimum atomic E-state index is -4.19. The first-order valence-electron chi connectivity index (χ1n) is 13.2. The number of hydrogen-bond donors (Lipinski definition) is 1. The molecule has 0 aromatic heterocycles. The van der Waals surface area contributed by atoms with Crippen molar-refractivity contribution in [2.24, 2.45) is 5.92 Å². The van der Waals surface area contributed by atoms with Crippen LogP contribution in [0.1, 0.15) is 38.3 Å². The molecule has 0 aliphatic rings. The summed E-state index contributed by atoms with van der Waals surface area (Å²) in [6.07, 6.45) is 0.281. The summed E-state index contributed by atoms with van der Waals surface area (Å²) in [6, 6.07) is 16.7. The second kappa shape index (κ2) is 14.4. The molecule has 0 bridgehead atoms. The predicted molar refractivity (Wildman–Crippen MR) is 166 cm³/mol. The minimum absolute atomic E-state index is 0.0181. The zero-order chi connectivity index (χ0) is 30.3. The van der Waals surface area contributed by atoms with Crippen LogP contribution >= 0.6 is 34.8 Å². The molecule has 2 amide bonds. The highest BCUT2D eigenvalue weighted by atomic mass is 35.5. The summed E-state index contributed by atoms with van der Waals surface area (Å²) in [7, 11) is -4.19. The van der Waals surface area contributed by atoms with Crippen molar-refractivity contribution >= 4 is 62.3 Å². The Balaban J connectivity index is 2.11. The number of benzene rings is 3. The van der Waals surface area contributed by atoms with Crippen molar-refractivity contribution in [2.45, 2.75) is 51.6 Å². The highest BCUT2D eigenvalue weighted by Crippen LogP contribution is 2.31. The number of sulfonamides is 1. The van der Waals surface area contributed by atoms with Crippen LogP contribution < -0.4 is 9.62 Å². The molecule has 0 saturated heterocycles. The van der Waals surface area contributed by atoms with Gasteiger partial charge in [0.15, 0.2) is 0 Å². The lowest BCUT2D eigenvalue weighted by atomic mass is 10.1. The number of anilines is 1. The third-order valence-corrected chi connectivity index (χ3v) is 9.22. The summed E-state index contributed by atoms with van der Waals surface area (Å²) in [4.78, 5) is 28.9. The Labute approximate surface area is 257 Å². The minimum Gasteiger partial charge on any atom is -0.354 e. The Morgan fingerprint density at radius 2 is 1.56 bits per heavy atom. The molecule has 7 nitrogen and oxygen atoms in total. The Kier molecular flexibility index (Phi) is 11.5. The number of carbonyl (C=O) groups excluding carboxylic acids is 2. The monoisotopic (exact) mass is 637 g/mol. The van der Waals surface area contributed by atoms with Crippen LogP contribution in [0.3, 0.4) is 0 Å². The highest BCUT2D eigenvalue weighted by Gasteiger charge is 2.34. The quantitative estimate of drug-likeness (QED) is 0.238. The van der Waals surface area contributed by atoms with Gasteiger partial charge < -0.3 is 10.2 Å². The molecule has 0 saturated carbocycles. The number of rotatable bonds is 12. The van der Waals surface area contributed by atoms with E-state index in [9.17, 15) is 18.0 Å². The van der Waals surface area contributed by atoms with Crippen molar-refractivity contribution in [2.75, 3.05) is 17.4 Å². The van der Waals surface area contributed by atoms with Gasteiger partial charge in [-0.05, 0) is 67.3 Å². The normalized spacial score (nSPS) is 12.2. The molecule has 220 valence electrons. The number of carbonyl (C=O) groups is 2. The second-order valence-electron chi connectivity index (χ2n) is 10.0. The Morgan fingerprint density at radius 1 is 0.927 bits per heavy atom. The van der Waals surface area contributed by atoms with Gasteiger partial charge in [-0.15, -0.1) is 0 Å². The summed E-state index contributed by atoms with van der Waals surface area (Å²) in [5.41, 5.74) is 1.31. The first-order valence-corrected chi connectivity index (χ1v) is 15.8. The molecule has 11 heteroatoms. The standard InChI is InChI=1S/C30H34Cl3N3O4S/c1-5-27(30(38)34-17-20(2)3)35(18-24-25(32)12-9-13-26(24)33)29(37)19-36(28-15-14-22(31)16-21(28)4)41(39,40)23-10-7-6-8-11-23/h6-16,20,27H,5,17-19H2,1-4H3,(H,34,38). The van der Waals surface area contributed by atoms with E-state index in [0.717, 1.165) is 4.31 Å². The molecule has 3 aromatic rings. The molecule has 1 atom stereocenters. The summed E-state index contributed by atoms with van der Waals surface area (Å²) in [5.74, 6) is -0.753. The zero-order valence-corrected chi connectivity index (χ0v) is 26.5. The van der Waals surface area contributed by atoms with Gasteiger partial charge in [0.05, 0.1) is 10.6 Å². The molecule has 0 aliphatic heterocycles. The number of nitrogens with one attached hydrogen (secondary N) is 1. The van der Waals surface area contributed by atoms with E-state index in [2.05, 4.69) is 5.32 Å². The van der Waals surface area contributed by atoms with Crippen molar-refractivity contribution in [3.63, 3.8) is 0 Å². The molecule has 0 radical (unpaired) electrons. The third-order valence-electron chi connectivity index (χ3n) is 6.50. The van der Waals surface area contributed by atoms with Crippen LogP contribution in [0, 0.1) is 12.8 Å². The number of nitrogens with zero attached hydrogens (tertiary/aromatic N) is 2. The van der Waals surface area contributed by atoms with Gasteiger partial charge >= 0.3 is 0 Å². The fourth-order valence-electron chi connectivity index (χ4n) is 4.33. The maximum Gasteiger partial charge on any atom is 0.264 e. The summed E-state index contributed by atoms with van der Waals surface area (Å²) in [6.45, 7) is 7.19. The van der Waals surface area contributed by atoms with Gasteiger partial charge in [-0.1, -0.05) is 79.8 Å². The molecule has 0 fully saturated rings.